The van der Waals surface area contributed by atoms with Crippen molar-refractivity contribution in [3.8, 4) is 0 Å². The molecule has 0 fully saturated rings. The molecule has 4 rings (SSSR count). The summed E-state index contributed by atoms with van der Waals surface area (Å²) < 4.78 is 1.60. The highest BCUT2D eigenvalue weighted by Gasteiger charge is 2.19. The number of para-hydroxylation sites is 2. The zero-order valence-corrected chi connectivity index (χ0v) is 15.7. The molecular formula is C23H20N4O2. The van der Waals surface area contributed by atoms with Crippen molar-refractivity contribution < 1.29 is 9.59 Å². The van der Waals surface area contributed by atoms with Gasteiger partial charge in [0.15, 0.2) is 0 Å². The molecule has 2 amide bonds. The molecular weight excluding hydrogens is 364 g/mol. The lowest BCUT2D eigenvalue weighted by Gasteiger charge is -2.19. The first-order chi connectivity index (χ1) is 14.2. The maximum atomic E-state index is 12.7. The van der Waals surface area contributed by atoms with Gasteiger partial charge in [0, 0.05) is 5.56 Å². The number of fused-ring (bicyclic) bond motifs is 1. The number of carbonyl (C=O) groups is 2. The van der Waals surface area contributed by atoms with Gasteiger partial charge in [-0.2, -0.15) is 0 Å². The third-order valence-electron chi connectivity index (χ3n) is 4.63. The van der Waals surface area contributed by atoms with E-state index in [1.165, 1.54) is 0 Å². The Kier molecular flexibility index (Phi) is 5.33. The van der Waals surface area contributed by atoms with Gasteiger partial charge in [0.1, 0.15) is 6.33 Å². The molecule has 4 aromatic rings. The van der Waals surface area contributed by atoms with E-state index in [2.05, 4.69) is 15.7 Å². The van der Waals surface area contributed by atoms with E-state index in [0.717, 1.165) is 16.6 Å². The van der Waals surface area contributed by atoms with Crippen molar-refractivity contribution in [2.45, 2.75) is 12.5 Å². The molecule has 144 valence electrons. The van der Waals surface area contributed by atoms with Gasteiger partial charge in [-0.3, -0.25) is 15.0 Å². The molecule has 1 unspecified atom stereocenters. The minimum Gasteiger partial charge on any atom is -0.345 e. The van der Waals surface area contributed by atoms with Crippen LogP contribution >= 0.6 is 0 Å². The Morgan fingerprint density at radius 1 is 0.862 bits per heavy atom. The Balaban J connectivity index is 1.52. The van der Waals surface area contributed by atoms with E-state index in [1.807, 2.05) is 72.8 Å². The van der Waals surface area contributed by atoms with E-state index in [4.69, 9.17) is 0 Å². The zero-order chi connectivity index (χ0) is 20.1. The standard InChI is InChI=1S/C23H20N4O2/c28-22(26-27-16-24-19-13-7-8-14-21(19)27)15-20(17-9-3-1-4-10-17)25-23(29)18-11-5-2-6-12-18/h1-14,16,20H,15H2,(H,25,29)(H,26,28). The van der Waals surface area contributed by atoms with Crippen LogP contribution in [0.4, 0.5) is 0 Å². The first-order valence-electron chi connectivity index (χ1n) is 9.33. The molecule has 6 heteroatoms. The molecule has 0 saturated heterocycles. The van der Waals surface area contributed by atoms with Gasteiger partial charge in [-0.15, -0.1) is 0 Å². The van der Waals surface area contributed by atoms with Gasteiger partial charge >= 0.3 is 0 Å². The number of amides is 2. The Morgan fingerprint density at radius 3 is 2.28 bits per heavy atom. The van der Waals surface area contributed by atoms with Crippen LogP contribution in [0.15, 0.2) is 91.3 Å². The molecule has 6 nitrogen and oxygen atoms in total. The molecule has 0 aliphatic carbocycles. The maximum Gasteiger partial charge on any atom is 0.251 e. The lowest BCUT2D eigenvalue weighted by atomic mass is 10.0. The largest absolute Gasteiger partial charge is 0.345 e. The summed E-state index contributed by atoms with van der Waals surface area (Å²) in [7, 11) is 0. The number of rotatable bonds is 6. The van der Waals surface area contributed by atoms with Crippen molar-refractivity contribution in [3.63, 3.8) is 0 Å². The summed E-state index contributed by atoms with van der Waals surface area (Å²) in [4.78, 5) is 29.7. The number of nitrogens with one attached hydrogen (secondary N) is 2. The molecule has 29 heavy (non-hydrogen) atoms. The van der Waals surface area contributed by atoms with Crippen molar-refractivity contribution in [1.29, 1.82) is 0 Å². The average molecular weight is 384 g/mol. The third-order valence-corrected chi connectivity index (χ3v) is 4.63. The maximum absolute atomic E-state index is 12.7. The van der Waals surface area contributed by atoms with Crippen molar-refractivity contribution in [3.05, 3.63) is 102 Å². The first-order valence-corrected chi connectivity index (χ1v) is 9.33. The number of imidazole rings is 1. The summed E-state index contributed by atoms with van der Waals surface area (Å²) in [5.74, 6) is -0.448. The topological polar surface area (TPSA) is 76.0 Å². The van der Waals surface area contributed by atoms with Gasteiger partial charge in [0.2, 0.25) is 5.91 Å². The molecule has 0 aliphatic heterocycles. The van der Waals surface area contributed by atoms with Crippen LogP contribution < -0.4 is 10.7 Å². The molecule has 0 spiro atoms. The molecule has 2 N–H and O–H groups in total. The van der Waals surface area contributed by atoms with Crippen LogP contribution in [-0.4, -0.2) is 21.5 Å². The van der Waals surface area contributed by atoms with Crippen LogP contribution in [-0.2, 0) is 4.79 Å². The van der Waals surface area contributed by atoms with Crippen LogP contribution in [0.3, 0.4) is 0 Å². The van der Waals surface area contributed by atoms with Crippen LogP contribution in [0.2, 0.25) is 0 Å². The summed E-state index contributed by atoms with van der Waals surface area (Å²) in [6, 6.07) is 25.5. The highest BCUT2D eigenvalue weighted by molar-refractivity contribution is 5.95. The molecule has 0 aliphatic rings. The summed E-state index contributed by atoms with van der Waals surface area (Å²) in [5.41, 5.74) is 5.86. The average Bonchev–Trinajstić information content (AvgIpc) is 3.17. The molecule has 1 aromatic heterocycles. The Morgan fingerprint density at radius 2 is 1.52 bits per heavy atom. The fourth-order valence-corrected chi connectivity index (χ4v) is 3.18. The van der Waals surface area contributed by atoms with Gasteiger partial charge in [-0.1, -0.05) is 60.7 Å². The number of hydrogen-bond acceptors (Lipinski definition) is 3. The second-order valence-electron chi connectivity index (χ2n) is 6.65. The first kappa shape index (κ1) is 18.4. The van der Waals surface area contributed by atoms with Crippen LogP contribution in [0.5, 0.6) is 0 Å². The predicted molar refractivity (Wildman–Crippen MR) is 112 cm³/mol. The fraction of sp³-hybridized carbons (Fsp3) is 0.0870. The van der Waals surface area contributed by atoms with E-state index in [-0.39, 0.29) is 18.2 Å². The number of aromatic nitrogens is 2. The zero-order valence-electron chi connectivity index (χ0n) is 15.7. The Labute approximate surface area is 168 Å². The number of hydrogen-bond donors (Lipinski definition) is 2. The van der Waals surface area contributed by atoms with Crippen LogP contribution in [0.25, 0.3) is 11.0 Å². The van der Waals surface area contributed by atoms with E-state index in [0.29, 0.717) is 5.56 Å². The SMILES string of the molecule is O=C(CC(NC(=O)c1ccccc1)c1ccccc1)Nn1cnc2ccccc21. The lowest BCUT2D eigenvalue weighted by molar-refractivity contribution is -0.117. The highest BCUT2D eigenvalue weighted by atomic mass is 16.2. The summed E-state index contributed by atoms with van der Waals surface area (Å²) in [6.45, 7) is 0. The van der Waals surface area contributed by atoms with Crippen molar-refractivity contribution in [1.82, 2.24) is 15.0 Å². The van der Waals surface area contributed by atoms with E-state index >= 15 is 0 Å². The minimum absolute atomic E-state index is 0.0924. The van der Waals surface area contributed by atoms with E-state index in [1.54, 1.807) is 23.1 Å². The van der Waals surface area contributed by atoms with Crippen molar-refractivity contribution in [2.24, 2.45) is 0 Å². The summed E-state index contributed by atoms with van der Waals surface area (Å²) in [5, 5.41) is 2.97. The predicted octanol–water partition coefficient (Wildman–Crippen LogP) is 3.67. The lowest BCUT2D eigenvalue weighted by Crippen LogP contribution is -2.33. The number of nitrogens with zero attached hydrogens (tertiary/aromatic N) is 2. The highest BCUT2D eigenvalue weighted by Crippen LogP contribution is 2.18. The molecule has 0 radical (unpaired) electrons. The van der Waals surface area contributed by atoms with Gasteiger partial charge < -0.3 is 5.32 Å². The third kappa shape index (κ3) is 4.32. The summed E-state index contributed by atoms with van der Waals surface area (Å²) in [6.07, 6.45) is 1.66. The second kappa shape index (κ2) is 8.39. The normalized spacial score (nSPS) is 11.7. The van der Waals surface area contributed by atoms with Gasteiger partial charge in [0.25, 0.3) is 5.91 Å². The van der Waals surface area contributed by atoms with Gasteiger partial charge in [-0.05, 0) is 29.8 Å². The minimum atomic E-state index is -0.460. The quantitative estimate of drug-likeness (QED) is 0.533. The van der Waals surface area contributed by atoms with Crippen molar-refractivity contribution >= 4 is 22.8 Å². The molecule has 1 atom stereocenters. The number of carbonyl (C=O) groups excluding carboxylic acids is 2. The molecule has 0 saturated carbocycles. The van der Waals surface area contributed by atoms with Gasteiger partial charge in [0.05, 0.1) is 23.5 Å². The van der Waals surface area contributed by atoms with Crippen molar-refractivity contribution in [2.75, 3.05) is 5.43 Å². The monoisotopic (exact) mass is 384 g/mol. The number of benzene rings is 3. The second-order valence-corrected chi connectivity index (χ2v) is 6.65. The van der Waals surface area contributed by atoms with Crippen LogP contribution in [0, 0.1) is 0 Å². The van der Waals surface area contributed by atoms with Gasteiger partial charge in [-0.25, -0.2) is 9.66 Å². The van der Waals surface area contributed by atoms with E-state index in [9.17, 15) is 9.59 Å². The fourth-order valence-electron chi connectivity index (χ4n) is 3.18. The van der Waals surface area contributed by atoms with E-state index < -0.39 is 6.04 Å². The molecule has 3 aromatic carbocycles. The summed E-state index contributed by atoms with van der Waals surface area (Å²) >= 11 is 0. The molecule has 0 bridgehead atoms. The Hall–Kier alpha value is -3.93. The van der Waals surface area contributed by atoms with Crippen LogP contribution in [0.1, 0.15) is 28.4 Å². The molecule has 1 heterocycles. The smallest absolute Gasteiger partial charge is 0.251 e. The Bertz CT molecular complexity index is 1120.